The molecular formula is C21H42Cl2N4O4. The van der Waals surface area contributed by atoms with Crippen LogP contribution in [0.4, 0.5) is 9.59 Å². The first-order valence-corrected chi connectivity index (χ1v) is 11.3. The van der Waals surface area contributed by atoms with Crippen LogP contribution in [0.15, 0.2) is 0 Å². The molecule has 184 valence electrons. The predicted molar refractivity (Wildman–Crippen MR) is 127 cm³/mol. The minimum atomic E-state index is -1.07. The third-order valence-corrected chi connectivity index (χ3v) is 6.51. The second-order valence-electron chi connectivity index (χ2n) is 8.70. The number of rotatable bonds is 8. The average molecular weight is 485 g/mol. The number of alkyl carbamates (subject to hydrolysis) is 2. The highest BCUT2D eigenvalue weighted by atomic mass is 35.5. The fourth-order valence-electron chi connectivity index (χ4n) is 4.42. The van der Waals surface area contributed by atoms with E-state index < -0.39 is 29.9 Å². The van der Waals surface area contributed by atoms with Crippen LogP contribution in [0.2, 0.25) is 0 Å². The molecule has 0 bridgehead atoms. The lowest BCUT2D eigenvalue weighted by Gasteiger charge is -2.39. The summed E-state index contributed by atoms with van der Waals surface area (Å²) in [7, 11) is 0. The molecule has 10 heteroatoms. The molecule has 2 fully saturated rings. The Morgan fingerprint density at radius 1 is 0.839 bits per heavy atom. The first-order chi connectivity index (χ1) is 13.8. The molecule has 2 aliphatic carbocycles. The predicted octanol–water partition coefficient (Wildman–Crippen LogP) is 3.77. The Morgan fingerprint density at radius 2 is 1.19 bits per heavy atom. The van der Waals surface area contributed by atoms with E-state index in [9.17, 15) is 9.59 Å². The number of carbonyl (C=O) groups is 2. The molecule has 6 N–H and O–H groups in total. The molecule has 2 unspecified atom stereocenters. The monoisotopic (exact) mass is 484 g/mol. The van der Waals surface area contributed by atoms with E-state index in [0.717, 1.165) is 51.4 Å². The molecule has 2 atom stereocenters. The fraction of sp³-hybridized carbons (Fsp3) is 0.905. The van der Waals surface area contributed by atoms with Crippen LogP contribution in [0.1, 0.15) is 84.5 Å². The van der Waals surface area contributed by atoms with E-state index in [0.29, 0.717) is 13.0 Å². The molecule has 31 heavy (non-hydrogen) atoms. The Labute approximate surface area is 199 Å². The summed E-state index contributed by atoms with van der Waals surface area (Å²) in [4.78, 5) is 24.7. The molecule has 2 amide bonds. The molecule has 0 spiro atoms. The second-order valence-corrected chi connectivity index (χ2v) is 8.70. The molecule has 8 nitrogen and oxygen atoms in total. The van der Waals surface area contributed by atoms with Crippen LogP contribution < -0.4 is 22.1 Å². The summed E-state index contributed by atoms with van der Waals surface area (Å²) in [6.07, 6.45) is 8.89. The third-order valence-electron chi connectivity index (χ3n) is 6.51. The lowest BCUT2D eigenvalue weighted by Crippen LogP contribution is -2.62. The Hall–Kier alpha value is -0.960. The van der Waals surface area contributed by atoms with Crippen molar-refractivity contribution in [1.82, 2.24) is 10.6 Å². The van der Waals surface area contributed by atoms with E-state index in [2.05, 4.69) is 10.6 Å². The summed E-state index contributed by atoms with van der Waals surface area (Å²) >= 11 is 0. The topological polar surface area (TPSA) is 129 Å². The number of nitrogens with two attached hydrogens (primary N) is 2. The van der Waals surface area contributed by atoms with E-state index in [1.165, 1.54) is 12.8 Å². The zero-order valence-corrected chi connectivity index (χ0v) is 20.5. The van der Waals surface area contributed by atoms with Gasteiger partial charge in [0.15, 0.2) is 0 Å². The highest BCUT2D eigenvalue weighted by molar-refractivity contribution is 5.85. The molecule has 2 aliphatic rings. The van der Waals surface area contributed by atoms with E-state index in [4.69, 9.17) is 20.9 Å². The highest BCUT2D eigenvalue weighted by Gasteiger charge is 2.42. The zero-order valence-electron chi connectivity index (χ0n) is 18.9. The Bertz CT molecular complexity index is 490. The number of hydrogen-bond donors (Lipinski definition) is 4. The summed E-state index contributed by atoms with van der Waals surface area (Å²) in [5.41, 5.74) is 11.3. The molecule has 0 aromatic carbocycles. The van der Waals surface area contributed by atoms with Crippen molar-refractivity contribution >= 4 is 37.0 Å². The number of nitrogens with one attached hydrogen (secondary N) is 2. The van der Waals surface area contributed by atoms with Gasteiger partial charge in [-0.2, -0.15) is 0 Å². The third kappa shape index (κ3) is 9.60. The maximum absolute atomic E-state index is 12.3. The van der Waals surface area contributed by atoms with Crippen LogP contribution in [-0.4, -0.2) is 48.6 Å². The van der Waals surface area contributed by atoms with Gasteiger partial charge in [0.1, 0.15) is 12.2 Å². The summed E-state index contributed by atoms with van der Waals surface area (Å²) in [5, 5.41) is 5.86. The van der Waals surface area contributed by atoms with Gasteiger partial charge in [-0.25, -0.2) is 9.59 Å². The number of halogens is 2. The fourth-order valence-corrected chi connectivity index (χ4v) is 4.42. The first-order valence-electron chi connectivity index (χ1n) is 11.3. The average Bonchev–Trinajstić information content (AvgIpc) is 2.69. The van der Waals surface area contributed by atoms with Gasteiger partial charge in [0.25, 0.3) is 0 Å². The van der Waals surface area contributed by atoms with Gasteiger partial charge in [-0.05, 0) is 52.5 Å². The molecule has 2 rings (SSSR count). The van der Waals surface area contributed by atoms with E-state index in [1.807, 2.05) is 0 Å². The van der Waals surface area contributed by atoms with Gasteiger partial charge in [0.2, 0.25) is 0 Å². The summed E-state index contributed by atoms with van der Waals surface area (Å²) in [6.45, 7) is 3.76. The number of carbonyl (C=O) groups excluding carboxylic acids is 2. The van der Waals surface area contributed by atoms with Crippen molar-refractivity contribution in [3.05, 3.63) is 0 Å². The van der Waals surface area contributed by atoms with Crippen molar-refractivity contribution in [3.63, 3.8) is 0 Å². The van der Waals surface area contributed by atoms with Crippen molar-refractivity contribution in [2.75, 3.05) is 6.54 Å². The van der Waals surface area contributed by atoms with Gasteiger partial charge >= 0.3 is 12.2 Å². The van der Waals surface area contributed by atoms with Gasteiger partial charge in [0.05, 0.1) is 5.54 Å². The summed E-state index contributed by atoms with van der Waals surface area (Å²) < 4.78 is 11.2. The largest absolute Gasteiger partial charge is 0.444 e. The summed E-state index contributed by atoms with van der Waals surface area (Å²) in [6, 6.07) is 0.306. The van der Waals surface area contributed by atoms with Crippen molar-refractivity contribution in [2.45, 2.75) is 114 Å². The Kier molecular flexibility index (Phi) is 14.5. The van der Waals surface area contributed by atoms with Crippen LogP contribution >= 0.6 is 24.8 Å². The van der Waals surface area contributed by atoms with Crippen LogP contribution in [0, 0.1) is 0 Å². The van der Waals surface area contributed by atoms with Gasteiger partial charge < -0.3 is 31.6 Å². The Morgan fingerprint density at radius 3 is 1.52 bits per heavy atom. The maximum atomic E-state index is 12.3. The molecule has 2 saturated carbocycles. The van der Waals surface area contributed by atoms with Gasteiger partial charge in [-0.3, -0.25) is 0 Å². The SMILES string of the molecule is CC(OC(=O)NC1CCCCC1)C(N)(CCN)C(C)OC(=O)NC1CCCCC1.Cl.Cl. The van der Waals surface area contributed by atoms with Crippen molar-refractivity contribution < 1.29 is 19.1 Å². The number of hydrogen-bond acceptors (Lipinski definition) is 6. The Balaban J connectivity index is 0.00000450. The summed E-state index contributed by atoms with van der Waals surface area (Å²) in [5.74, 6) is 0. The minimum absolute atomic E-state index is 0. The first kappa shape index (κ1) is 30.0. The van der Waals surface area contributed by atoms with Gasteiger partial charge in [-0.1, -0.05) is 38.5 Å². The van der Waals surface area contributed by atoms with Crippen LogP contribution in [-0.2, 0) is 9.47 Å². The minimum Gasteiger partial charge on any atom is -0.444 e. The van der Waals surface area contributed by atoms with E-state index in [1.54, 1.807) is 13.8 Å². The molecule has 0 heterocycles. The van der Waals surface area contributed by atoms with Crippen LogP contribution in [0.3, 0.4) is 0 Å². The molecular weight excluding hydrogens is 443 g/mol. The van der Waals surface area contributed by atoms with Crippen molar-refractivity contribution in [1.29, 1.82) is 0 Å². The van der Waals surface area contributed by atoms with E-state index in [-0.39, 0.29) is 36.9 Å². The zero-order chi connectivity index (χ0) is 21.3. The molecule has 0 radical (unpaired) electrons. The lowest BCUT2D eigenvalue weighted by atomic mass is 9.85. The quantitative estimate of drug-likeness (QED) is 0.414. The van der Waals surface area contributed by atoms with E-state index >= 15 is 0 Å². The van der Waals surface area contributed by atoms with Gasteiger partial charge in [0, 0.05) is 12.1 Å². The lowest BCUT2D eigenvalue weighted by molar-refractivity contribution is -0.0181. The van der Waals surface area contributed by atoms with Crippen molar-refractivity contribution in [2.24, 2.45) is 11.5 Å². The molecule has 0 aliphatic heterocycles. The second kappa shape index (κ2) is 15.0. The molecule has 0 saturated heterocycles. The smallest absolute Gasteiger partial charge is 0.407 e. The number of ether oxygens (including phenoxy) is 2. The maximum Gasteiger partial charge on any atom is 0.407 e. The highest BCUT2D eigenvalue weighted by Crippen LogP contribution is 2.24. The number of amides is 2. The van der Waals surface area contributed by atoms with Crippen LogP contribution in [0.25, 0.3) is 0 Å². The standard InChI is InChI=1S/C21H40N4O4.2ClH/c1-15(28-19(26)24-17-9-5-3-6-10-17)21(23,13-14-22)16(2)29-20(27)25-18-11-7-4-8-12-18;;/h15-18H,3-14,22-23H2,1-2H3,(H,24,26)(H,25,27);2*1H. The normalized spacial score (nSPS) is 21.3. The van der Waals surface area contributed by atoms with Crippen molar-refractivity contribution in [3.8, 4) is 0 Å². The molecule has 0 aromatic heterocycles. The van der Waals surface area contributed by atoms with Crippen LogP contribution in [0.5, 0.6) is 0 Å². The van der Waals surface area contributed by atoms with Gasteiger partial charge in [-0.15, -0.1) is 24.8 Å². The molecule has 0 aromatic rings.